The minimum atomic E-state index is -2.79. The van der Waals surface area contributed by atoms with E-state index in [-0.39, 0.29) is 0 Å². The second-order valence-electron chi connectivity index (χ2n) is 12.4. The van der Waals surface area contributed by atoms with E-state index in [9.17, 15) is 0 Å². The van der Waals surface area contributed by atoms with E-state index in [0.717, 1.165) is 4.31 Å². The third kappa shape index (κ3) is 0.0496. The van der Waals surface area contributed by atoms with Gasteiger partial charge in [0.1, 0.15) is 0 Å². The van der Waals surface area contributed by atoms with Crippen LogP contribution in [0.5, 0.6) is 0 Å². The van der Waals surface area contributed by atoms with Crippen molar-refractivity contribution in [2.75, 3.05) is 0 Å². The molecule has 0 aliphatic carbocycles. The summed E-state index contributed by atoms with van der Waals surface area (Å²) in [6, 6.07) is 0. The molecule has 10 heterocycles. The molecule has 0 N–H and O–H groups in total. The number of hydrogen-bond donors (Lipinski definition) is 0. The molecule has 0 saturated carbocycles. The summed E-state index contributed by atoms with van der Waals surface area (Å²) >= 11 is 0. The Morgan fingerprint density at radius 1 is 0.812 bits per heavy atom. The van der Waals surface area contributed by atoms with Gasteiger partial charge in [-0.15, -0.1) is 0 Å². The first-order chi connectivity index (χ1) is 7.19. The van der Waals surface area contributed by atoms with Crippen LogP contribution in [-0.4, -0.2) is 8.07 Å². The average molecular weight is 272 g/mol. The van der Waals surface area contributed by atoms with Crippen molar-refractivity contribution >= 4 is 8.07 Å². The molecule has 10 rings (SSSR count). The van der Waals surface area contributed by atoms with Gasteiger partial charge in [0.2, 0.25) is 0 Å². The summed E-state index contributed by atoms with van der Waals surface area (Å²) in [6.45, 7) is 8.49. The molecule has 88 valence electrons. The van der Waals surface area contributed by atoms with Gasteiger partial charge in [-0.2, -0.15) is 0 Å². The summed E-state index contributed by atoms with van der Waals surface area (Å²) < 4.78 is 2.34. The van der Waals surface area contributed by atoms with Crippen LogP contribution < -0.4 is 0 Å². The molecule has 0 bridgehead atoms. The summed E-state index contributed by atoms with van der Waals surface area (Å²) in [5, 5.41) is 0. The summed E-state index contributed by atoms with van der Waals surface area (Å²) in [6.07, 6.45) is 0. The molecule has 5 unspecified atom stereocenters. The number of fused-ring (bicyclic) bond motifs is 10. The van der Waals surface area contributed by atoms with E-state index < -0.39 is 14.6 Å². The van der Waals surface area contributed by atoms with Gasteiger partial charge in [-0.25, -0.2) is 0 Å². The van der Waals surface area contributed by atoms with Crippen molar-refractivity contribution < 1.29 is 6.51 Å². The van der Waals surface area contributed by atoms with Crippen LogP contribution in [0.1, 0.15) is 6.92 Å². The van der Waals surface area contributed by atoms with E-state index in [1.807, 2.05) is 0 Å². The molecular weight excluding hydrogens is 252 g/mol. The van der Waals surface area contributed by atoms with E-state index >= 15 is 0 Å². The summed E-state index contributed by atoms with van der Waals surface area (Å²) in [4.78, 5) is 12.2. The first kappa shape index (κ1) is 6.26. The Hall–Kier alpha value is 0.736. The molecule has 10 aliphatic rings. The molecule has 10 aliphatic heterocycles. The first-order valence-corrected chi connectivity index (χ1v) is 17.1. The van der Waals surface area contributed by atoms with Crippen LogP contribution in [0.25, 0.3) is 0 Å². The minimum absolute atomic E-state index is 0.874. The van der Waals surface area contributed by atoms with Crippen LogP contribution in [0.3, 0.4) is 0 Å². The molecule has 1 spiro atoms. The fourth-order valence-electron chi connectivity index (χ4n) is 20.0. The van der Waals surface area contributed by atoms with E-state index in [2.05, 4.69) is 26.6 Å². The fraction of sp³-hybridized carbons (Fsp3) is 1.00. The van der Waals surface area contributed by atoms with Gasteiger partial charge < -0.3 is 0 Å². The molecule has 10 fully saturated rings. The molecule has 0 aromatic carbocycles. The topological polar surface area (TPSA) is 0 Å². The van der Waals surface area contributed by atoms with Crippen LogP contribution >= 0.6 is 0 Å². The van der Waals surface area contributed by atoms with Crippen LogP contribution in [0.4, 0.5) is 0 Å². The van der Waals surface area contributed by atoms with Crippen LogP contribution in [0.2, 0.25) is 66.4 Å². The fourth-order valence-corrected chi connectivity index (χ4v) is 124. The quantitative estimate of drug-likeness (QED) is 0.588. The zero-order valence-corrected chi connectivity index (χ0v) is 12.6. The van der Waals surface area contributed by atoms with Crippen molar-refractivity contribution in [2.45, 2.75) is 73.3 Å². The maximum absolute atomic E-state index is 2.91. The molecule has 0 aromatic heterocycles. The maximum atomic E-state index is 2.91. The number of rotatable bonds is 1. The van der Waals surface area contributed by atoms with E-state index in [1.165, 1.54) is 42.5 Å². The van der Waals surface area contributed by atoms with Crippen molar-refractivity contribution in [3.63, 3.8) is 0 Å². The monoisotopic (exact) mass is 272 g/mol. The first-order valence-electron chi connectivity index (χ1n) is 7.40. The van der Waals surface area contributed by atoms with E-state index in [4.69, 9.17) is 0 Å². The van der Waals surface area contributed by atoms with Gasteiger partial charge in [0.25, 0.3) is 0 Å². The van der Waals surface area contributed by atoms with Crippen molar-refractivity contribution in [3.8, 4) is 0 Å². The zero-order valence-electron chi connectivity index (χ0n) is 10.5. The molecule has 10 saturated heterocycles. The normalized spacial score (nSPS) is 132. The Morgan fingerprint density at radius 2 is 1.31 bits per heavy atom. The predicted octanol–water partition coefficient (Wildman–Crippen LogP) is 5.01. The molecule has 0 nitrogen and oxygen atoms in total. The zero-order chi connectivity index (χ0) is 10.4. The summed E-state index contributed by atoms with van der Waals surface area (Å²) in [5.74, 6) is 0. The van der Waals surface area contributed by atoms with E-state index in [1.54, 1.807) is 0 Å². The molecule has 0 amide bonds. The average Bonchev–Trinajstić information content (AvgIpc) is 3.09. The van der Waals surface area contributed by atoms with Crippen LogP contribution in [-0.2, 0) is 6.51 Å². The number of hydrogen-bond acceptors (Lipinski definition) is 0. The summed E-state index contributed by atoms with van der Waals surface area (Å²) in [7, 11) is -0.874. The molecule has 16 heavy (non-hydrogen) atoms. The van der Waals surface area contributed by atoms with Gasteiger partial charge >= 0.3 is 87.9 Å². The van der Waals surface area contributed by atoms with E-state index in [0.29, 0.717) is 0 Å². The summed E-state index contributed by atoms with van der Waals surface area (Å²) in [5.41, 5.74) is 0. The Kier molecular flexibility index (Phi) is 0.174. The standard InChI is InChI=1S/C9H15Si.C5H5.Fe/c1-8-6-5-7-9(8)10(2,3)4;1-2-4-5-3-1;/h5-7H,1-4H3;1-5H;. The van der Waals surface area contributed by atoms with Crippen molar-refractivity contribution in [1.29, 1.82) is 0 Å². The molecule has 0 radical (unpaired) electrons. The SMILES string of the molecule is C[C]12[CH]3[CH]4[CH]5[C]1([Si](C)(C)C)[Fe]43521678[CH]2[CH]1[CH]6[CH]7[CH]28. The third-order valence-corrected chi connectivity index (χ3v) is 70.3. The predicted molar refractivity (Wildman–Crippen MR) is 64.4 cm³/mol. The Labute approximate surface area is 87.8 Å². The van der Waals surface area contributed by atoms with Gasteiger partial charge in [-0.05, 0) is 0 Å². The second kappa shape index (κ2) is 0.444. The van der Waals surface area contributed by atoms with Gasteiger partial charge in [-0.3, -0.25) is 0 Å². The van der Waals surface area contributed by atoms with Gasteiger partial charge in [0, 0.05) is 0 Å². The van der Waals surface area contributed by atoms with Gasteiger partial charge in [0.15, 0.2) is 0 Å². The van der Waals surface area contributed by atoms with Gasteiger partial charge in [0.05, 0.1) is 0 Å². The Morgan fingerprint density at radius 3 is 1.38 bits per heavy atom. The van der Waals surface area contributed by atoms with Gasteiger partial charge in [-0.1, -0.05) is 0 Å². The Balaban J connectivity index is 1.83. The third-order valence-electron chi connectivity index (χ3n) is 16.7. The van der Waals surface area contributed by atoms with Crippen molar-refractivity contribution in [1.82, 2.24) is 0 Å². The second-order valence-corrected chi connectivity index (χ2v) is 41.6. The van der Waals surface area contributed by atoms with Crippen LogP contribution in [0, 0.1) is 0 Å². The van der Waals surface area contributed by atoms with Crippen LogP contribution in [0.15, 0.2) is 0 Å². The molecule has 2 heteroatoms. The van der Waals surface area contributed by atoms with Crippen molar-refractivity contribution in [3.05, 3.63) is 0 Å². The Bertz CT molecular complexity index is 957. The molecule has 5 atom stereocenters. The molecule has 0 aromatic rings. The van der Waals surface area contributed by atoms with Crippen molar-refractivity contribution in [2.24, 2.45) is 0 Å². The molecular formula is C14H20FeSi.